The van der Waals surface area contributed by atoms with E-state index >= 15 is 0 Å². The number of ether oxygens (including phenoxy) is 1. The Morgan fingerprint density at radius 1 is 1.19 bits per heavy atom. The minimum absolute atomic E-state index is 0.250. The summed E-state index contributed by atoms with van der Waals surface area (Å²) in [5.74, 6) is -0.897. The molecule has 0 saturated carbocycles. The number of carboxylic acid groups (broad SMARTS) is 1. The van der Waals surface area contributed by atoms with Gasteiger partial charge in [0, 0.05) is 12.5 Å². The van der Waals surface area contributed by atoms with Crippen molar-refractivity contribution >= 4 is 18.0 Å². The Hall–Kier alpha value is -2.10. The van der Waals surface area contributed by atoms with Crippen molar-refractivity contribution in [3.63, 3.8) is 0 Å². The summed E-state index contributed by atoms with van der Waals surface area (Å²) >= 11 is 0. The molecule has 4 nitrogen and oxygen atoms in total. The first-order chi connectivity index (χ1) is 7.49. The summed E-state index contributed by atoms with van der Waals surface area (Å²) in [5, 5.41) is 8.68. The average molecular weight is 220 g/mol. The summed E-state index contributed by atoms with van der Waals surface area (Å²) in [5.41, 5.74) is 0.996. The highest BCUT2D eigenvalue weighted by atomic mass is 16.5. The SMILES string of the molecule is CC(=O)Oc1ccc(/C=C(\C)C(=O)O)cc1. The lowest BCUT2D eigenvalue weighted by molar-refractivity contribution is -0.133. The second-order valence-corrected chi connectivity index (χ2v) is 3.30. The molecule has 0 radical (unpaired) electrons. The van der Waals surface area contributed by atoms with Gasteiger partial charge < -0.3 is 9.84 Å². The molecule has 0 bridgehead atoms. The number of carbonyl (C=O) groups is 2. The highest BCUT2D eigenvalue weighted by Crippen LogP contribution is 2.14. The van der Waals surface area contributed by atoms with Crippen molar-refractivity contribution in [2.75, 3.05) is 0 Å². The average Bonchev–Trinajstić information content (AvgIpc) is 2.20. The molecule has 1 N–H and O–H groups in total. The van der Waals surface area contributed by atoms with Crippen LogP contribution in [-0.2, 0) is 9.59 Å². The van der Waals surface area contributed by atoms with E-state index in [1.165, 1.54) is 13.8 Å². The second-order valence-electron chi connectivity index (χ2n) is 3.30. The first-order valence-electron chi connectivity index (χ1n) is 4.69. The van der Waals surface area contributed by atoms with Crippen LogP contribution in [0.1, 0.15) is 19.4 Å². The van der Waals surface area contributed by atoms with Crippen molar-refractivity contribution in [2.24, 2.45) is 0 Å². The summed E-state index contributed by atoms with van der Waals surface area (Å²) in [6, 6.07) is 6.60. The first-order valence-corrected chi connectivity index (χ1v) is 4.69. The number of benzene rings is 1. The molecular weight excluding hydrogens is 208 g/mol. The van der Waals surface area contributed by atoms with Gasteiger partial charge in [-0.25, -0.2) is 4.79 Å². The number of esters is 1. The zero-order valence-corrected chi connectivity index (χ0v) is 9.06. The number of carboxylic acids is 1. The molecule has 0 unspecified atom stereocenters. The number of hydrogen-bond acceptors (Lipinski definition) is 3. The van der Waals surface area contributed by atoms with Gasteiger partial charge in [0.15, 0.2) is 0 Å². The summed E-state index contributed by atoms with van der Waals surface area (Å²) in [4.78, 5) is 21.2. The van der Waals surface area contributed by atoms with Gasteiger partial charge in [-0.15, -0.1) is 0 Å². The van der Waals surface area contributed by atoms with Gasteiger partial charge in [-0.3, -0.25) is 4.79 Å². The third-order valence-electron chi connectivity index (χ3n) is 1.86. The largest absolute Gasteiger partial charge is 0.478 e. The van der Waals surface area contributed by atoms with Gasteiger partial charge in [0.1, 0.15) is 5.75 Å². The predicted octanol–water partition coefficient (Wildman–Crippen LogP) is 2.10. The molecule has 0 heterocycles. The molecule has 84 valence electrons. The van der Waals surface area contributed by atoms with Crippen LogP contribution >= 0.6 is 0 Å². The molecule has 1 aromatic rings. The van der Waals surface area contributed by atoms with E-state index in [2.05, 4.69) is 0 Å². The Morgan fingerprint density at radius 2 is 1.75 bits per heavy atom. The molecule has 0 aliphatic carbocycles. The normalized spacial score (nSPS) is 11.0. The number of aliphatic carboxylic acids is 1. The van der Waals surface area contributed by atoms with Crippen molar-refractivity contribution in [1.82, 2.24) is 0 Å². The Balaban J connectivity index is 2.83. The van der Waals surface area contributed by atoms with Crippen LogP contribution in [0.5, 0.6) is 5.75 Å². The third-order valence-corrected chi connectivity index (χ3v) is 1.86. The van der Waals surface area contributed by atoms with Crippen LogP contribution in [0.25, 0.3) is 6.08 Å². The molecule has 0 aromatic heterocycles. The number of hydrogen-bond donors (Lipinski definition) is 1. The molecule has 4 heteroatoms. The maximum atomic E-state index is 10.7. The zero-order chi connectivity index (χ0) is 12.1. The standard InChI is InChI=1S/C12H12O4/c1-8(12(14)15)7-10-3-5-11(6-4-10)16-9(2)13/h3-7H,1-2H3,(H,14,15)/b8-7+. The second kappa shape index (κ2) is 5.11. The van der Waals surface area contributed by atoms with Crippen LogP contribution in [0.4, 0.5) is 0 Å². The number of rotatable bonds is 3. The lowest BCUT2D eigenvalue weighted by atomic mass is 10.1. The quantitative estimate of drug-likeness (QED) is 0.481. The monoisotopic (exact) mass is 220 g/mol. The lowest BCUT2D eigenvalue weighted by Gasteiger charge is -2.01. The predicted molar refractivity (Wildman–Crippen MR) is 59.0 cm³/mol. The Morgan fingerprint density at radius 3 is 2.19 bits per heavy atom. The molecule has 1 aromatic carbocycles. The maximum absolute atomic E-state index is 10.7. The van der Waals surface area contributed by atoms with E-state index in [-0.39, 0.29) is 11.5 Å². The Bertz CT molecular complexity index is 429. The molecule has 0 atom stereocenters. The van der Waals surface area contributed by atoms with Crippen molar-refractivity contribution < 1.29 is 19.4 Å². The molecule has 16 heavy (non-hydrogen) atoms. The van der Waals surface area contributed by atoms with Gasteiger partial charge in [-0.1, -0.05) is 12.1 Å². The van der Waals surface area contributed by atoms with E-state index in [1.54, 1.807) is 30.3 Å². The first kappa shape index (κ1) is 12.0. The topological polar surface area (TPSA) is 63.6 Å². The van der Waals surface area contributed by atoms with Gasteiger partial charge in [0.2, 0.25) is 0 Å². The fraction of sp³-hybridized carbons (Fsp3) is 0.167. The minimum Gasteiger partial charge on any atom is -0.478 e. The van der Waals surface area contributed by atoms with Crippen LogP contribution in [0.3, 0.4) is 0 Å². The maximum Gasteiger partial charge on any atom is 0.331 e. The highest BCUT2D eigenvalue weighted by molar-refractivity contribution is 5.91. The minimum atomic E-state index is -0.955. The van der Waals surface area contributed by atoms with E-state index in [9.17, 15) is 9.59 Å². The number of carbonyl (C=O) groups excluding carboxylic acids is 1. The molecule has 0 fully saturated rings. The summed E-state index contributed by atoms with van der Waals surface area (Å²) < 4.78 is 4.85. The van der Waals surface area contributed by atoms with Gasteiger partial charge in [-0.05, 0) is 30.7 Å². The van der Waals surface area contributed by atoms with Gasteiger partial charge in [-0.2, -0.15) is 0 Å². The van der Waals surface area contributed by atoms with E-state index in [1.807, 2.05) is 0 Å². The molecule has 0 aliphatic heterocycles. The molecule has 0 saturated heterocycles. The molecule has 0 aliphatic rings. The van der Waals surface area contributed by atoms with Crippen molar-refractivity contribution in [3.8, 4) is 5.75 Å². The Labute approximate surface area is 93.2 Å². The van der Waals surface area contributed by atoms with Crippen LogP contribution < -0.4 is 4.74 Å². The van der Waals surface area contributed by atoms with Crippen molar-refractivity contribution in [3.05, 3.63) is 35.4 Å². The van der Waals surface area contributed by atoms with Crippen LogP contribution in [0.2, 0.25) is 0 Å². The highest BCUT2D eigenvalue weighted by Gasteiger charge is 2.01. The van der Waals surface area contributed by atoms with E-state index < -0.39 is 5.97 Å². The molecular formula is C12H12O4. The van der Waals surface area contributed by atoms with Gasteiger partial charge in [0.25, 0.3) is 0 Å². The molecule has 0 amide bonds. The van der Waals surface area contributed by atoms with Crippen LogP contribution in [0, 0.1) is 0 Å². The van der Waals surface area contributed by atoms with Gasteiger partial charge in [0.05, 0.1) is 0 Å². The van der Waals surface area contributed by atoms with Crippen molar-refractivity contribution in [2.45, 2.75) is 13.8 Å². The van der Waals surface area contributed by atoms with Gasteiger partial charge >= 0.3 is 11.9 Å². The summed E-state index contributed by atoms with van der Waals surface area (Å²) in [6.07, 6.45) is 1.54. The smallest absolute Gasteiger partial charge is 0.331 e. The van der Waals surface area contributed by atoms with Crippen LogP contribution in [0.15, 0.2) is 29.8 Å². The third kappa shape index (κ3) is 3.57. The summed E-state index contributed by atoms with van der Waals surface area (Å²) in [6.45, 7) is 2.84. The van der Waals surface area contributed by atoms with Crippen LogP contribution in [-0.4, -0.2) is 17.0 Å². The lowest BCUT2D eigenvalue weighted by Crippen LogP contribution is -2.00. The fourth-order valence-electron chi connectivity index (χ4n) is 1.11. The molecule has 1 rings (SSSR count). The van der Waals surface area contributed by atoms with E-state index in [0.717, 1.165) is 5.56 Å². The van der Waals surface area contributed by atoms with E-state index in [4.69, 9.17) is 9.84 Å². The summed E-state index contributed by atoms with van der Waals surface area (Å²) in [7, 11) is 0. The zero-order valence-electron chi connectivity index (χ0n) is 9.06. The Kier molecular flexibility index (Phi) is 3.83. The fourth-order valence-corrected chi connectivity index (χ4v) is 1.11. The van der Waals surface area contributed by atoms with E-state index in [0.29, 0.717) is 5.75 Å². The molecule has 0 spiro atoms. The van der Waals surface area contributed by atoms with Crippen molar-refractivity contribution in [1.29, 1.82) is 0 Å².